The van der Waals surface area contributed by atoms with Crippen molar-refractivity contribution in [2.45, 2.75) is 30.3 Å². The molecule has 1 aliphatic carbocycles. The zero-order chi connectivity index (χ0) is 20.4. The molecule has 0 aromatic heterocycles. The van der Waals surface area contributed by atoms with Crippen molar-refractivity contribution in [1.82, 2.24) is 14.5 Å². The summed E-state index contributed by atoms with van der Waals surface area (Å²) in [5.74, 6) is -0.0600. The van der Waals surface area contributed by atoms with Gasteiger partial charge >= 0.3 is 0 Å². The van der Waals surface area contributed by atoms with Gasteiger partial charge in [0.1, 0.15) is 0 Å². The van der Waals surface area contributed by atoms with E-state index >= 15 is 0 Å². The molecule has 6 nitrogen and oxygen atoms in total. The van der Waals surface area contributed by atoms with Crippen LogP contribution in [-0.2, 0) is 16.6 Å². The van der Waals surface area contributed by atoms with Crippen molar-refractivity contribution in [3.05, 3.63) is 64.7 Å². The van der Waals surface area contributed by atoms with Crippen molar-refractivity contribution in [3.8, 4) is 0 Å². The fourth-order valence-electron chi connectivity index (χ4n) is 3.40. The maximum Gasteiger partial charge on any atom is 0.253 e. The molecule has 1 aliphatic heterocycles. The monoisotopic (exact) mass is 433 g/mol. The van der Waals surface area contributed by atoms with Gasteiger partial charge in [0.25, 0.3) is 5.91 Å². The third kappa shape index (κ3) is 5.17. The highest BCUT2D eigenvalue weighted by atomic mass is 35.5. The molecule has 1 amide bonds. The van der Waals surface area contributed by atoms with E-state index in [9.17, 15) is 13.2 Å². The molecule has 2 aromatic carbocycles. The van der Waals surface area contributed by atoms with Gasteiger partial charge in [-0.25, -0.2) is 13.1 Å². The Bertz CT molecular complexity index is 965. The molecule has 1 heterocycles. The highest BCUT2D eigenvalue weighted by Crippen LogP contribution is 2.22. The number of carbonyl (C=O) groups excluding carboxylic acids is 1. The summed E-state index contributed by atoms with van der Waals surface area (Å²) in [6, 6.07) is 14.1. The minimum atomic E-state index is -3.49. The minimum absolute atomic E-state index is 0.0600. The molecule has 2 fully saturated rings. The summed E-state index contributed by atoms with van der Waals surface area (Å²) in [7, 11) is -3.49. The molecule has 154 valence electrons. The average molecular weight is 434 g/mol. The number of amides is 1. The maximum atomic E-state index is 12.8. The molecule has 0 unspecified atom stereocenters. The first-order chi connectivity index (χ1) is 13.9. The van der Waals surface area contributed by atoms with Crippen molar-refractivity contribution in [1.29, 1.82) is 0 Å². The largest absolute Gasteiger partial charge is 0.336 e. The number of sulfonamides is 1. The second-order valence-electron chi connectivity index (χ2n) is 7.61. The summed E-state index contributed by atoms with van der Waals surface area (Å²) in [4.78, 5) is 17.1. The number of piperazine rings is 1. The van der Waals surface area contributed by atoms with Gasteiger partial charge in [-0.15, -0.1) is 0 Å². The Kier molecular flexibility index (Phi) is 5.92. The molecule has 2 aliphatic rings. The standard InChI is InChI=1S/C21H24ClN3O3S/c22-18-5-1-16(2-6-18)15-24-11-13-25(14-12-24)21(26)17-3-9-20(10-4-17)29(27,28)23-19-7-8-19/h1-6,9-10,19,23H,7-8,11-15H2. The topological polar surface area (TPSA) is 69.7 Å². The Balaban J connectivity index is 1.32. The van der Waals surface area contributed by atoms with Crippen molar-refractivity contribution >= 4 is 27.5 Å². The molecule has 29 heavy (non-hydrogen) atoms. The molecule has 2 aromatic rings. The van der Waals surface area contributed by atoms with E-state index in [4.69, 9.17) is 11.6 Å². The first-order valence-corrected chi connectivity index (χ1v) is 11.7. The Morgan fingerprint density at radius 2 is 1.59 bits per heavy atom. The van der Waals surface area contributed by atoms with E-state index in [1.54, 1.807) is 12.1 Å². The quantitative estimate of drug-likeness (QED) is 0.760. The number of halogens is 1. The van der Waals surface area contributed by atoms with Crippen LogP contribution >= 0.6 is 11.6 Å². The number of hydrogen-bond acceptors (Lipinski definition) is 4. The summed E-state index contributed by atoms with van der Waals surface area (Å²) < 4.78 is 27.2. The Labute approximate surface area is 176 Å². The maximum absolute atomic E-state index is 12.8. The Hall–Kier alpha value is -1.93. The summed E-state index contributed by atoms with van der Waals surface area (Å²) in [6.45, 7) is 3.73. The SMILES string of the molecule is O=C(c1ccc(S(=O)(=O)NC2CC2)cc1)N1CCN(Cc2ccc(Cl)cc2)CC1. The number of carbonyl (C=O) groups is 1. The van der Waals surface area contributed by atoms with Crippen LogP contribution in [0.3, 0.4) is 0 Å². The predicted octanol–water partition coefficient (Wildman–Crippen LogP) is 2.74. The van der Waals surface area contributed by atoms with Gasteiger partial charge in [0, 0.05) is 49.4 Å². The molecular weight excluding hydrogens is 410 g/mol. The van der Waals surface area contributed by atoms with Crippen LogP contribution in [0.1, 0.15) is 28.8 Å². The number of rotatable bonds is 6. The second kappa shape index (κ2) is 8.44. The summed E-state index contributed by atoms with van der Waals surface area (Å²) >= 11 is 5.93. The van der Waals surface area contributed by atoms with E-state index < -0.39 is 10.0 Å². The van der Waals surface area contributed by atoms with Crippen molar-refractivity contribution < 1.29 is 13.2 Å². The van der Waals surface area contributed by atoms with Crippen molar-refractivity contribution in [2.75, 3.05) is 26.2 Å². The Morgan fingerprint density at radius 3 is 2.17 bits per heavy atom. The summed E-state index contributed by atoms with van der Waals surface area (Å²) in [6.07, 6.45) is 1.78. The third-order valence-corrected chi connectivity index (χ3v) is 7.08. The zero-order valence-corrected chi connectivity index (χ0v) is 17.6. The molecule has 1 saturated carbocycles. The van der Waals surface area contributed by atoms with Crippen molar-refractivity contribution in [2.24, 2.45) is 0 Å². The lowest BCUT2D eigenvalue weighted by atomic mass is 10.1. The van der Waals surface area contributed by atoms with E-state index in [-0.39, 0.29) is 16.8 Å². The molecule has 0 spiro atoms. The van der Waals surface area contributed by atoms with Crippen LogP contribution in [0.5, 0.6) is 0 Å². The number of nitrogens with one attached hydrogen (secondary N) is 1. The van der Waals surface area contributed by atoms with Crippen molar-refractivity contribution in [3.63, 3.8) is 0 Å². The Morgan fingerprint density at radius 1 is 0.966 bits per heavy atom. The molecular formula is C21H24ClN3O3S. The normalized spacial score (nSPS) is 18.0. The predicted molar refractivity (Wildman–Crippen MR) is 112 cm³/mol. The minimum Gasteiger partial charge on any atom is -0.336 e. The number of hydrogen-bond donors (Lipinski definition) is 1. The smallest absolute Gasteiger partial charge is 0.253 e. The van der Waals surface area contributed by atoms with Crippen LogP contribution in [0.4, 0.5) is 0 Å². The first-order valence-electron chi connectivity index (χ1n) is 9.79. The van der Waals surface area contributed by atoms with Gasteiger partial charge in [-0.05, 0) is 54.8 Å². The molecule has 1 N–H and O–H groups in total. The van der Waals surface area contributed by atoms with Gasteiger partial charge in [-0.2, -0.15) is 0 Å². The van der Waals surface area contributed by atoms with Crippen LogP contribution in [-0.4, -0.2) is 56.3 Å². The fraction of sp³-hybridized carbons (Fsp3) is 0.381. The van der Waals surface area contributed by atoms with Gasteiger partial charge in [0.05, 0.1) is 4.90 Å². The highest BCUT2D eigenvalue weighted by molar-refractivity contribution is 7.89. The van der Waals surface area contributed by atoms with Crippen LogP contribution in [0.15, 0.2) is 53.4 Å². The van der Waals surface area contributed by atoms with Crippen LogP contribution in [0.25, 0.3) is 0 Å². The zero-order valence-electron chi connectivity index (χ0n) is 16.1. The molecule has 1 saturated heterocycles. The molecule has 4 rings (SSSR count). The lowest BCUT2D eigenvalue weighted by Crippen LogP contribution is -2.48. The fourth-order valence-corrected chi connectivity index (χ4v) is 4.84. The van der Waals surface area contributed by atoms with Crippen LogP contribution in [0.2, 0.25) is 5.02 Å². The summed E-state index contributed by atoms with van der Waals surface area (Å²) in [5.41, 5.74) is 1.72. The van der Waals surface area contributed by atoms with Gasteiger partial charge in [0.15, 0.2) is 0 Å². The number of nitrogens with zero attached hydrogens (tertiary/aromatic N) is 2. The van der Waals surface area contributed by atoms with Crippen LogP contribution in [0, 0.1) is 0 Å². The van der Waals surface area contributed by atoms with Gasteiger partial charge in [-0.3, -0.25) is 9.69 Å². The van der Waals surface area contributed by atoms with Gasteiger partial charge in [-0.1, -0.05) is 23.7 Å². The first kappa shape index (κ1) is 20.3. The van der Waals surface area contributed by atoms with Gasteiger partial charge < -0.3 is 4.90 Å². The molecule has 0 atom stereocenters. The molecule has 0 radical (unpaired) electrons. The van der Waals surface area contributed by atoms with E-state index in [0.717, 1.165) is 37.5 Å². The van der Waals surface area contributed by atoms with Crippen LogP contribution < -0.4 is 4.72 Å². The summed E-state index contributed by atoms with van der Waals surface area (Å²) in [5, 5.41) is 0.728. The molecule has 0 bridgehead atoms. The third-order valence-electron chi connectivity index (χ3n) is 5.29. The van der Waals surface area contributed by atoms with E-state index in [2.05, 4.69) is 9.62 Å². The second-order valence-corrected chi connectivity index (χ2v) is 9.77. The lowest BCUT2D eigenvalue weighted by molar-refractivity contribution is 0.0628. The van der Waals surface area contributed by atoms with E-state index in [0.29, 0.717) is 18.7 Å². The lowest BCUT2D eigenvalue weighted by Gasteiger charge is -2.34. The highest BCUT2D eigenvalue weighted by Gasteiger charge is 2.28. The van der Waals surface area contributed by atoms with E-state index in [1.807, 2.05) is 29.2 Å². The average Bonchev–Trinajstić information content (AvgIpc) is 3.53. The number of benzene rings is 2. The van der Waals surface area contributed by atoms with E-state index in [1.165, 1.54) is 17.7 Å². The van der Waals surface area contributed by atoms with Gasteiger partial charge in [0.2, 0.25) is 10.0 Å². The molecule has 8 heteroatoms.